The van der Waals surface area contributed by atoms with Gasteiger partial charge in [-0.15, -0.1) is 0 Å². The molecular formula is C18H22N8O. The molecule has 2 fully saturated rings. The van der Waals surface area contributed by atoms with Crippen LogP contribution in [0.25, 0.3) is 11.0 Å². The third kappa shape index (κ3) is 2.79. The van der Waals surface area contributed by atoms with Gasteiger partial charge in [-0.05, 0) is 30.7 Å². The summed E-state index contributed by atoms with van der Waals surface area (Å²) in [5.74, 6) is 2.60. The van der Waals surface area contributed by atoms with Crippen molar-refractivity contribution in [1.29, 1.82) is 0 Å². The van der Waals surface area contributed by atoms with E-state index in [4.69, 9.17) is 0 Å². The monoisotopic (exact) mass is 366 g/mol. The number of urea groups is 1. The maximum Gasteiger partial charge on any atom is 0.323 e. The first-order valence-electron chi connectivity index (χ1n) is 9.25. The minimum absolute atomic E-state index is 0.0637. The Morgan fingerprint density at radius 1 is 1.22 bits per heavy atom. The van der Waals surface area contributed by atoms with E-state index in [-0.39, 0.29) is 6.03 Å². The number of rotatable bonds is 3. The minimum Gasteiger partial charge on any atom is -0.356 e. The van der Waals surface area contributed by atoms with Crippen molar-refractivity contribution in [1.82, 2.24) is 30.0 Å². The van der Waals surface area contributed by atoms with Gasteiger partial charge in [0.2, 0.25) is 0 Å². The fourth-order valence-electron chi connectivity index (χ4n) is 4.58. The van der Waals surface area contributed by atoms with E-state index in [9.17, 15) is 4.79 Å². The van der Waals surface area contributed by atoms with E-state index in [0.717, 1.165) is 42.8 Å². The molecule has 0 unspecified atom stereocenters. The molecule has 1 saturated heterocycles. The van der Waals surface area contributed by atoms with Crippen LogP contribution < -0.4 is 10.2 Å². The van der Waals surface area contributed by atoms with E-state index >= 15 is 0 Å². The summed E-state index contributed by atoms with van der Waals surface area (Å²) in [7, 11) is 2.11. The van der Waals surface area contributed by atoms with Gasteiger partial charge < -0.3 is 14.8 Å². The molecule has 0 spiro atoms. The second-order valence-electron chi connectivity index (χ2n) is 7.49. The quantitative estimate of drug-likeness (QED) is 0.658. The van der Waals surface area contributed by atoms with Crippen LogP contribution in [0.2, 0.25) is 0 Å². The first-order valence-corrected chi connectivity index (χ1v) is 9.25. The average molecular weight is 366 g/mol. The molecule has 0 aromatic carbocycles. The highest BCUT2D eigenvalue weighted by Gasteiger charge is 2.44. The fourth-order valence-corrected chi connectivity index (χ4v) is 4.58. The van der Waals surface area contributed by atoms with Gasteiger partial charge in [-0.25, -0.2) is 14.8 Å². The van der Waals surface area contributed by atoms with Gasteiger partial charge in [0.1, 0.15) is 17.8 Å². The van der Waals surface area contributed by atoms with E-state index in [1.54, 1.807) is 18.6 Å². The van der Waals surface area contributed by atoms with Gasteiger partial charge >= 0.3 is 6.03 Å². The zero-order chi connectivity index (χ0) is 18.4. The number of carbonyl (C=O) groups is 1. The van der Waals surface area contributed by atoms with Gasteiger partial charge in [-0.2, -0.15) is 5.10 Å². The Bertz CT molecular complexity index is 937. The summed E-state index contributed by atoms with van der Waals surface area (Å²) in [6.45, 7) is 1.60. The fraction of sp³-hybridized carbons (Fsp3) is 0.444. The molecule has 3 N–H and O–H groups in total. The lowest BCUT2D eigenvalue weighted by Gasteiger charge is -2.28. The van der Waals surface area contributed by atoms with Crippen molar-refractivity contribution in [3.63, 3.8) is 0 Å². The molecule has 1 aliphatic carbocycles. The highest BCUT2D eigenvalue weighted by atomic mass is 16.2. The number of fused-ring (bicyclic) bond motifs is 2. The number of likely N-dealkylation sites (tertiary alicyclic amines) is 1. The predicted molar refractivity (Wildman–Crippen MR) is 101 cm³/mol. The maximum atomic E-state index is 12.4. The molecule has 3 aromatic rings. The van der Waals surface area contributed by atoms with Crippen molar-refractivity contribution in [2.45, 2.75) is 18.9 Å². The van der Waals surface area contributed by atoms with Crippen LogP contribution in [0.5, 0.6) is 0 Å². The number of anilines is 2. The predicted octanol–water partition coefficient (Wildman–Crippen LogP) is 2.06. The molecule has 3 aromatic heterocycles. The number of hydrogen-bond donors (Lipinski definition) is 3. The lowest BCUT2D eigenvalue weighted by atomic mass is 10.0. The highest BCUT2D eigenvalue weighted by Crippen LogP contribution is 2.41. The number of amides is 2. The third-order valence-corrected chi connectivity index (χ3v) is 5.96. The van der Waals surface area contributed by atoms with Crippen LogP contribution >= 0.6 is 0 Å². The number of aromatic nitrogens is 5. The molecule has 9 nitrogen and oxygen atoms in total. The highest BCUT2D eigenvalue weighted by molar-refractivity contribution is 5.88. The zero-order valence-corrected chi connectivity index (χ0v) is 15.1. The van der Waals surface area contributed by atoms with Crippen molar-refractivity contribution < 1.29 is 4.79 Å². The number of nitrogens with one attached hydrogen (secondary N) is 3. The molecule has 140 valence electrons. The van der Waals surface area contributed by atoms with Gasteiger partial charge in [0.15, 0.2) is 5.82 Å². The average Bonchev–Trinajstić information content (AvgIpc) is 3.42. The largest absolute Gasteiger partial charge is 0.356 e. The lowest BCUT2D eigenvalue weighted by molar-refractivity contribution is 0.218. The van der Waals surface area contributed by atoms with Crippen LogP contribution in [0.1, 0.15) is 12.8 Å². The smallest absolute Gasteiger partial charge is 0.323 e. The molecule has 3 atom stereocenters. The van der Waals surface area contributed by atoms with E-state index in [1.165, 1.54) is 0 Å². The van der Waals surface area contributed by atoms with Gasteiger partial charge in [0, 0.05) is 44.6 Å². The van der Waals surface area contributed by atoms with E-state index in [1.807, 2.05) is 17.2 Å². The van der Waals surface area contributed by atoms with Crippen LogP contribution in [0.3, 0.4) is 0 Å². The second-order valence-corrected chi connectivity index (χ2v) is 7.49. The Labute approximate surface area is 156 Å². The van der Waals surface area contributed by atoms with Crippen LogP contribution in [0.4, 0.5) is 16.4 Å². The summed E-state index contributed by atoms with van der Waals surface area (Å²) in [5.41, 5.74) is 0.867. The number of carbonyl (C=O) groups excluding carboxylic acids is 1. The molecule has 5 rings (SSSR count). The summed E-state index contributed by atoms with van der Waals surface area (Å²) in [5, 5.41) is 10.6. The van der Waals surface area contributed by atoms with Gasteiger partial charge in [0.25, 0.3) is 0 Å². The summed E-state index contributed by atoms with van der Waals surface area (Å²) >= 11 is 0. The summed E-state index contributed by atoms with van der Waals surface area (Å²) in [6, 6.07) is 4.15. The van der Waals surface area contributed by atoms with E-state index < -0.39 is 0 Å². The first kappa shape index (κ1) is 16.1. The van der Waals surface area contributed by atoms with Crippen LogP contribution in [-0.4, -0.2) is 62.3 Å². The van der Waals surface area contributed by atoms with Crippen molar-refractivity contribution in [2.75, 3.05) is 30.4 Å². The van der Waals surface area contributed by atoms with Gasteiger partial charge in [-0.1, -0.05) is 0 Å². The van der Waals surface area contributed by atoms with Crippen molar-refractivity contribution >= 4 is 28.7 Å². The first-order chi connectivity index (χ1) is 13.2. The van der Waals surface area contributed by atoms with Crippen molar-refractivity contribution in [3.05, 3.63) is 30.9 Å². The van der Waals surface area contributed by atoms with Crippen LogP contribution in [0.15, 0.2) is 30.9 Å². The Balaban J connectivity index is 1.24. The Morgan fingerprint density at radius 2 is 2.04 bits per heavy atom. The summed E-state index contributed by atoms with van der Waals surface area (Å²) in [6.07, 6.45) is 7.35. The van der Waals surface area contributed by atoms with Crippen molar-refractivity contribution in [3.8, 4) is 0 Å². The van der Waals surface area contributed by atoms with Crippen LogP contribution in [-0.2, 0) is 0 Å². The van der Waals surface area contributed by atoms with Gasteiger partial charge in [0.05, 0.1) is 5.39 Å². The number of aromatic amines is 2. The zero-order valence-electron chi connectivity index (χ0n) is 15.1. The molecule has 27 heavy (non-hydrogen) atoms. The number of nitrogens with zero attached hydrogens (tertiary/aromatic N) is 5. The third-order valence-electron chi connectivity index (χ3n) is 5.96. The Hall–Kier alpha value is -3.10. The Kier molecular flexibility index (Phi) is 3.73. The molecule has 1 aliphatic heterocycles. The summed E-state index contributed by atoms with van der Waals surface area (Å²) in [4.78, 5) is 28.6. The molecule has 0 bridgehead atoms. The van der Waals surface area contributed by atoms with Crippen LogP contribution in [0, 0.1) is 11.8 Å². The maximum absolute atomic E-state index is 12.4. The van der Waals surface area contributed by atoms with E-state index in [2.05, 4.69) is 42.4 Å². The molecule has 2 aliphatic rings. The Morgan fingerprint density at radius 3 is 2.78 bits per heavy atom. The van der Waals surface area contributed by atoms with Crippen molar-refractivity contribution in [2.24, 2.45) is 11.8 Å². The molecule has 1 saturated carbocycles. The molecular weight excluding hydrogens is 344 g/mol. The second kappa shape index (κ2) is 6.26. The van der Waals surface area contributed by atoms with Gasteiger partial charge in [-0.3, -0.25) is 10.4 Å². The summed E-state index contributed by atoms with van der Waals surface area (Å²) < 4.78 is 0. The number of H-pyrrole nitrogens is 2. The molecule has 2 amide bonds. The topological polar surface area (TPSA) is 106 Å². The molecule has 0 radical (unpaired) electrons. The normalized spacial score (nSPS) is 24.3. The number of hydrogen-bond acceptors (Lipinski definition) is 5. The standard InChI is InChI=1S/C18H22N8O/c1-25(17-14-2-4-19-16(14)20-10-21-17)13-6-11-8-26(9-12(11)7-13)18(27)23-15-3-5-22-24-15/h2-5,10-13H,6-9H2,1H3,(H,19,20,21)(H2,22,23,24,27)/t11-,12+,13+. The minimum atomic E-state index is -0.0637. The molecule has 9 heteroatoms. The SMILES string of the molecule is CN(c1ncnc2[nH]ccc12)[C@H]1C[C@@H]2CN(C(=O)Nc3cc[nH]n3)C[C@@H]2C1. The van der Waals surface area contributed by atoms with E-state index in [0.29, 0.717) is 23.7 Å². The lowest BCUT2D eigenvalue weighted by Crippen LogP contribution is -2.36. The molecule has 4 heterocycles.